The van der Waals surface area contributed by atoms with E-state index in [1.165, 1.54) is 12.1 Å². The third-order valence-corrected chi connectivity index (χ3v) is 9.11. The van der Waals surface area contributed by atoms with Gasteiger partial charge < -0.3 is 35.5 Å². The van der Waals surface area contributed by atoms with E-state index in [0.717, 1.165) is 50.0 Å². The molecule has 49 heavy (non-hydrogen) atoms. The summed E-state index contributed by atoms with van der Waals surface area (Å²) >= 11 is 0. The van der Waals surface area contributed by atoms with Gasteiger partial charge in [-0.05, 0) is 68.5 Å². The van der Waals surface area contributed by atoms with Gasteiger partial charge in [0.1, 0.15) is 11.4 Å². The van der Waals surface area contributed by atoms with Gasteiger partial charge in [-0.3, -0.25) is 14.9 Å². The number of nitrogens with zero attached hydrogens (tertiary/aromatic N) is 1. The zero-order valence-electron chi connectivity index (χ0n) is 28.0. The molecule has 2 amide bonds. The molecule has 4 aromatic rings. The number of rotatable bonds is 15. The number of anilines is 1. The number of fused-ring (bicyclic) bond motifs is 1. The molecular formula is C38H47N5O6. The van der Waals surface area contributed by atoms with Crippen molar-refractivity contribution >= 4 is 28.6 Å². The molecule has 1 aliphatic heterocycles. The van der Waals surface area contributed by atoms with Crippen molar-refractivity contribution in [1.29, 1.82) is 0 Å². The van der Waals surface area contributed by atoms with Gasteiger partial charge in [-0.1, -0.05) is 61.0 Å². The van der Waals surface area contributed by atoms with E-state index >= 15 is 0 Å². The number of nitrogens with one attached hydrogen (secondary N) is 4. The second-order valence-electron chi connectivity index (χ2n) is 12.9. The van der Waals surface area contributed by atoms with Crippen LogP contribution >= 0.6 is 0 Å². The summed E-state index contributed by atoms with van der Waals surface area (Å²) in [5, 5.41) is 30.5. The minimum absolute atomic E-state index is 0.0366. The Balaban J connectivity index is 0.918. The third kappa shape index (κ3) is 10.1. The quantitative estimate of drug-likeness (QED) is 0.0932. The number of unbranched alkanes of at least 4 members (excludes halogenated alkanes) is 2. The normalized spacial score (nSPS) is 15.1. The van der Waals surface area contributed by atoms with Crippen molar-refractivity contribution < 1.29 is 24.5 Å². The molecule has 11 nitrogen and oxygen atoms in total. The number of phenolic OH excluding ortho intramolecular Hbond substituents is 1. The topological polar surface area (TPSA) is 156 Å². The summed E-state index contributed by atoms with van der Waals surface area (Å²) < 4.78 is 5.92. The van der Waals surface area contributed by atoms with Gasteiger partial charge in [0.25, 0.3) is 0 Å². The number of hydrogen-bond acceptors (Lipinski definition) is 8. The van der Waals surface area contributed by atoms with Crippen LogP contribution in [0.3, 0.4) is 0 Å². The van der Waals surface area contributed by atoms with E-state index in [1.807, 2.05) is 61.5 Å². The number of piperidine rings is 1. The fourth-order valence-corrected chi connectivity index (χ4v) is 6.22. The summed E-state index contributed by atoms with van der Waals surface area (Å²) in [4.78, 5) is 41.8. The van der Waals surface area contributed by atoms with Crippen LogP contribution in [0.4, 0.5) is 10.5 Å². The monoisotopic (exact) mass is 669 g/mol. The molecule has 1 aliphatic rings. The first kappa shape index (κ1) is 35.6. The van der Waals surface area contributed by atoms with E-state index in [0.29, 0.717) is 61.1 Å². The number of carbonyl (C=O) groups is 2. The van der Waals surface area contributed by atoms with Crippen molar-refractivity contribution in [2.24, 2.45) is 0 Å². The van der Waals surface area contributed by atoms with Crippen LogP contribution in [0, 0.1) is 0 Å². The van der Waals surface area contributed by atoms with Gasteiger partial charge in [0.05, 0.1) is 17.3 Å². The van der Waals surface area contributed by atoms with E-state index in [4.69, 9.17) is 4.74 Å². The average molecular weight is 670 g/mol. The predicted molar refractivity (Wildman–Crippen MR) is 192 cm³/mol. The molecule has 1 unspecified atom stereocenters. The van der Waals surface area contributed by atoms with Crippen molar-refractivity contribution in [1.82, 2.24) is 20.5 Å². The lowest BCUT2D eigenvalue weighted by Crippen LogP contribution is -2.47. The van der Waals surface area contributed by atoms with E-state index in [1.54, 1.807) is 12.1 Å². The number of para-hydroxylation sites is 1. The molecule has 0 radical (unpaired) electrons. The number of pyridine rings is 1. The maximum absolute atomic E-state index is 12.9. The first-order valence-electron chi connectivity index (χ1n) is 17.1. The Bertz CT molecular complexity index is 1750. The molecular weight excluding hydrogens is 622 g/mol. The van der Waals surface area contributed by atoms with Crippen molar-refractivity contribution in [2.75, 3.05) is 44.6 Å². The largest absolute Gasteiger partial charge is 0.506 e. The number of ether oxygens (including phenoxy) is 1. The van der Waals surface area contributed by atoms with Crippen molar-refractivity contribution in [3.63, 3.8) is 0 Å². The van der Waals surface area contributed by atoms with Gasteiger partial charge in [-0.25, -0.2) is 4.79 Å². The summed E-state index contributed by atoms with van der Waals surface area (Å²) in [6, 6.07) is 23.7. The molecule has 5 rings (SSSR count). The van der Waals surface area contributed by atoms with Crippen LogP contribution in [0.15, 0.2) is 83.7 Å². The Morgan fingerprint density at radius 1 is 0.939 bits per heavy atom. The van der Waals surface area contributed by atoms with Gasteiger partial charge in [-0.2, -0.15) is 0 Å². The standard InChI is InChI=1S/C38H47N5O6/c1-38(49-37(48)41-31-13-8-7-12-28(31)27-10-4-2-5-11-27)19-23-43(24-20-38)25-22-40-34(46)14-6-3-9-21-39-26-33(45)29-15-17-32(44)36-30(29)16-18-35(47)42-36/h2,4-5,7-8,10-13,15-18,33,39,44-45H,3,6,9,14,19-26H2,1H3,(H,40,46)(H,41,48)(H,42,47). The molecule has 2 heterocycles. The molecule has 0 aliphatic carbocycles. The van der Waals surface area contributed by atoms with E-state index in [-0.39, 0.29) is 17.2 Å². The molecule has 11 heteroatoms. The lowest BCUT2D eigenvalue weighted by Gasteiger charge is -2.38. The highest BCUT2D eigenvalue weighted by molar-refractivity contribution is 5.91. The Hall–Kier alpha value is -4.71. The fourth-order valence-electron chi connectivity index (χ4n) is 6.22. The molecule has 0 spiro atoms. The molecule has 260 valence electrons. The van der Waals surface area contributed by atoms with Crippen LogP contribution in [0.2, 0.25) is 0 Å². The number of benzene rings is 3. The predicted octanol–water partition coefficient (Wildman–Crippen LogP) is 5.30. The first-order chi connectivity index (χ1) is 23.7. The van der Waals surface area contributed by atoms with Crippen molar-refractivity contribution in [3.05, 3.63) is 94.8 Å². The number of likely N-dealkylation sites (tertiary alicyclic amines) is 1. The summed E-state index contributed by atoms with van der Waals surface area (Å²) in [5.74, 6) is 0.00344. The second kappa shape index (κ2) is 17.1. The fraction of sp³-hybridized carbons (Fsp3) is 0.395. The van der Waals surface area contributed by atoms with Crippen molar-refractivity contribution in [3.8, 4) is 16.9 Å². The highest BCUT2D eigenvalue weighted by atomic mass is 16.6. The Labute approximate surface area is 286 Å². The van der Waals surface area contributed by atoms with Gasteiger partial charge >= 0.3 is 6.09 Å². The number of aromatic hydroxyl groups is 1. The van der Waals surface area contributed by atoms with Crippen LogP contribution in [0.5, 0.6) is 5.75 Å². The van der Waals surface area contributed by atoms with E-state index in [2.05, 4.69) is 25.8 Å². The molecule has 0 saturated carbocycles. The maximum Gasteiger partial charge on any atom is 0.412 e. The minimum Gasteiger partial charge on any atom is -0.506 e. The number of hydrogen-bond donors (Lipinski definition) is 6. The molecule has 1 aromatic heterocycles. The number of amides is 2. The van der Waals surface area contributed by atoms with E-state index < -0.39 is 17.8 Å². The first-order valence-corrected chi connectivity index (χ1v) is 17.1. The number of aliphatic hydroxyl groups excluding tert-OH is 1. The van der Waals surface area contributed by atoms with Crippen LogP contribution < -0.4 is 21.5 Å². The Kier molecular flexibility index (Phi) is 12.4. The summed E-state index contributed by atoms with van der Waals surface area (Å²) in [7, 11) is 0. The highest BCUT2D eigenvalue weighted by Crippen LogP contribution is 2.31. The lowest BCUT2D eigenvalue weighted by molar-refractivity contribution is -0.121. The van der Waals surface area contributed by atoms with Gasteiger partial charge in [0.2, 0.25) is 11.5 Å². The van der Waals surface area contributed by atoms with Crippen LogP contribution in [0.25, 0.3) is 22.0 Å². The Morgan fingerprint density at radius 2 is 1.69 bits per heavy atom. The SMILES string of the molecule is CC1(OC(=O)Nc2ccccc2-c2ccccc2)CCN(CCNC(=O)CCCCCNCC(O)c2ccc(O)c3[nH]c(=O)ccc23)CC1. The minimum atomic E-state index is -0.797. The average Bonchev–Trinajstić information content (AvgIpc) is 3.09. The number of H-pyrrole nitrogens is 1. The van der Waals surface area contributed by atoms with Gasteiger partial charge in [0, 0.05) is 56.2 Å². The Morgan fingerprint density at radius 3 is 2.49 bits per heavy atom. The van der Waals surface area contributed by atoms with Crippen LogP contribution in [0.1, 0.15) is 57.1 Å². The summed E-state index contributed by atoms with van der Waals surface area (Å²) in [6.45, 7) is 5.90. The summed E-state index contributed by atoms with van der Waals surface area (Å²) in [5.41, 5.74) is 2.74. The smallest absolute Gasteiger partial charge is 0.412 e. The van der Waals surface area contributed by atoms with Crippen LogP contribution in [-0.4, -0.2) is 77.0 Å². The number of carbonyl (C=O) groups excluding carboxylic acids is 2. The molecule has 3 aromatic carbocycles. The van der Waals surface area contributed by atoms with Crippen LogP contribution in [-0.2, 0) is 9.53 Å². The molecule has 1 fully saturated rings. The molecule has 1 saturated heterocycles. The zero-order valence-corrected chi connectivity index (χ0v) is 28.0. The lowest BCUT2D eigenvalue weighted by atomic mass is 9.93. The molecule has 6 N–H and O–H groups in total. The molecule has 0 bridgehead atoms. The van der Waals surface area contributed by atoms with Gasteiger partial charge in [0.15, 0.2) is 0 Å². The molecule has 1 atom stereocenters. The van der Waals surface area contributed by atoms with Crippen molar-refractivity contribution in [2.45, 2.75) is 57.2 Å². The summed E-state index contributed by atoms with van der Waals surface area (Å²) in [6.07, 6.45) is 3.18. The van der Waals surface area contributed by atoms with Gasteiger partial charge in [-0.15, -0.1) is 0 Å². The highest BCUT2D eigenvalue weighted by Gasteiger charge is 2.33. The maximum atomic E-state index is 12.9. The zero-order chi connectivity index (χ0) is 34.6. The number of aromatic amines is 1. The van der Waals surface area contributed by atoms with E-state index in [9.17, 15) is 24.6 Å². The number of aromatic nitrogens is 1. The number of phenols is 1. The number of aliphatic hydroxyl groups is 1. The third-order valence-electron chi connectivity index (χ3n) is 9.11. The second-order valence-corrected chi connectivity index (χ2v) is 12.9.